The van der Waals surface area contributed by atoms with Gasteiger partial charge in [0.25, 0.3) is 0 Å². The normalized spacial score (nSPS) is 25.8. The Hall–Kier alpha value is -3.55. The number of tetrazole rings is 1. The van der Waals surface area contributed by atoms with Crippen LogP contribution in [0.4, 0.5) is 0 Å². The molecular weight excluding hydrogens is 462 g/mol. The average Bonchev–Trinajstić information content (AvgIpc) is 3.68. The summed E-state index contributed by atoms with van der Waals surface area (Å²) in [5.74, 6) is 3.70. The maximum absolute atomic E-state index is 13.8. The average molecular weight is 496 g/mol. The van der Waals surface area contributed by atoms with E-state index in [1.165, 1.54) is 25.7 Å². The van der Waals surface area contributed by atoms with Gasteiger partial charge < -0.3 is 0 Å². The van der Waals surface area contributed by atoms with Crippen LogP contribution in [0.2, 0.25) is 0 Å². The van der Waals surface area contributed by atoms with Gasteiger partial charge in [-0.2, -0.15) is 5.21 Å². The number of hydrogen-bond acceptors (Lipinski definition) is 5. The molecule has 0 spiro atoms. The molecule has 37 heavy (non-hydrogen) atoms. The lowest BCUT2D eigenvalue weighted by atomic mass is 9.79. The fraction of sp³-hybridized carbons (Fsp3) is 0.483. The fourth-order valence-corrected chi connectivity index (χ4v) is 7.66. The van der Waals surface area contributed by atoms with Gasteiger partial charge in [0.15, 0.2) is 0 Å². The standard InChI is InChI=1S/C29H33N7O/c1-2-3-6-22-17-36(27-21-12-19-11-20(14-21)25(27)13-19)29(37)35(22)16-18-9-10-26(30-15-18)23-7-4-5-8-24(23)28-31-33-34-32-28/h4-5,7-10,15,17,19-21,25,27H,2-3,6,11-14,16H2,1H3,(H,31,32,33,34). The number of imidazole rings is 1. The molecule has 0 radical (unpaired) electrons. The lowest BCUT2D eigenvalue weighted by molar-refractivity contribution is 0.195. The van der Waals surface area contributed by atoms with Gasteiger partial charge in [0, 0.05) is 35.3 Å². The Kier molecular flexibility index (Phi) is 5.55. The van der Waals surface area contributed by atoms with Crippen molar-refractivity contribution >= 4 is 0 Å². The number of H-pyrrole nitrogens is 1. The van der Waals surface area contributed by atoms with E-state index in [9.17, 15) is 4.79 Å². The maximum atomic E-state index is 13.8. The number of unbranched alkanes of at least 4 members (excludes halogenated alkanes) is 1. The zero-order valence-electron chi connectivity index (χ0n) is 21.3. The van der Waals surface area contributed by atoms with Gasteiger partial charge in [-0.05, 0) is 79.0 Å². The summed E-state index contributed by atoms with van der Waals surface area (Å²) in [6, 6.07) is 12.4. The van der Waals surface area contributed by atoms with Gasteiger partial charge in [-0.3, -0.25) is 14.1 Å². The zero-order chi connectivity index (χ0) is 24.9. The Morgan fingerprint density at radius 3 is 2.65 bits per heavy atom. The number of hydrogen-bond donors (Lipinski definition) is 1. The lowest BCUT2D eigenvalue weighted by Crippen LogP contribution is -2.34. The molecular formula is C29H33N7O. The number of aromatic nitrogens is 7. The van der Waals surface area contributed by atoms with Gasteiger partial charge >= 0.3 is 5.69 Å². The molecule has 4 aromatic rings. The van der Waals surface area contributed by atoms with Crippen molar-refractivity contribution in [2.24, 2.45) is 23.7 Å². The number of benzene rings is 1. The predicted octanol–water partition coefficient (Wildman–Crippen LogP) is 4.89. The van der Waals surface area contributed by atoms with Crippen molar-refractivity contribution in [3.63, 3.8) is 0 Å². The maximum Gasteiger partial charge on any atom is 0.328 e. The SMILES string of the molecule is CCCCc1cn(C2C3CC4CC(C3)C2C4)c(=O)n1Cc1ccc(-c2ccccc2-c2nn[nH]n2)nc1. The highest BCUT2D eigenvalue weighted by molar-refractivity contribution is 5.78. The Bertz CT molecular complexity index is 1450. The monoisotopic (exact) mass is 495 g/mol. The Labute approximate surface area is 216 Å². The van der Waals surface area contributed by atoms with Gasteiger partial charge in [-0.25, -0.2) is 4.79 Å². The first kappa shape index (κ1) is 22.6. The van der Waals surface area contributed by atoms with E-state index >= 15 is 0 Å². The number of pyridine rings is 1. The summed E-state index contributed by atoms with van der Waals surface area (Å²) in [5, 5.41) is 14.5. The number of aromatic amines is 1. The second-order valence-corrected chi connectivity index (χ2v) is 11.3. The van der Waals surface area contributed by atoms with E-state index in [1.807, 2.05) is 41.1 Å². The first-order valence-electron chi connectivity index (χ1n) is 13.8. The van der Waals surface area contributed by atoms with Gasteiger partial charge in [-0.15, -0.1) is 10.2 Å². The van der Waals surface area contributed by atoms with E-state index in [-0.39, 0.29) is 5.69 Å². The van der Waals surface area contributed by atoms with Crippen molar-refractivity contribution in [2.75, 3.05) is 0 Å². The van der Waals surface area contributed by atoms with Gasteiger partial charge in [0.1, 0.15) is 0 Å². The van der Waals surface area contributed by atoms with Crippen LogP contribution in [-0.4, -0.2) is 34.7 Å². The zero-order valence-corrected chi connectivity index (χ0v) is 21.3. The van der Waals surface area contributed by atoms with Gasteiger partial charge in [0.05, 0.1) is 12.2 Å². The molecule has 8 heteroatoms. The van der Waals surface area contributed by atoms with Crippen molar-refractivity contribution < 1.29 is 0 Å². The molecule has 1 N–H and O–H groups in total. The molecule has 5 atom stereocenters. The smallest absolute Gasteiger partial charge is 0.295 e. The van der Waals surface area contributed by atoms with E-state index in [2.05, 4.69) is 44.4 Å². The number of aryl methyl sites for hydroxylation is 1. The Morgan fingerprint density at radius 2 is 1.89 bits per heavy atom. The highest BCUT2D eigenvalue weighted by atomic mass is 16.1. The number of rotatable bonds is 8. The van der Waals surface area contributed by atoms with Crippen molar-refractivity contribution in [2.45, 2.75) is 64.5 Å². The highest BCUT2D eigenvalue weighted by Crippen LogP contribution is 2.62. The summed E-state index contributed by atoms with van der Waals surface area (Å²) in [6.45, 7) is 2.77. The summed E-state index contributed by atoms with van der Waals surface area (Å²) >= 11 is 0. The van der Waals surface area contributed by atoms with Crippen LogP contribution in [0.25, 0.3) is 22.6 Å². The third-order valence-electron chi connectivity index (χ3n) is 9.16. The second-order valence-electron chi connectivity index (χ2n) is 11.3. The Morgan fingerprint density at radius 1 is 1.03 bits per heavy atom. The Balaban J connectivity index is 1.19. The summed E-state index contributed by atoms with van der Waals surface area (Å²) in [7, 11) is 0. The lowest BCUT2D eigenvalue weighted by Gasteiger charge is -2.32. The minimum absolute atomic E-state index is 0.165. The van der Waals surface area contributed by atoms with Crippen LogP contribution >= 0.6 is 0 Å². The molecule has 4 aliphatic rings. The summed E-state index contributed by atoms with van der Waals surface area (Å²) in [4.78, 5) is 18.6. The van der Waals surface area contributed by atoms with Crippen LogP contribution in [0.3, 0.4) is 0 Å². The molecule has 4 bridgehead atoms. The molecule has 0 aliphatic heterocycles. The van der Waals surface area contributed by atoms with E-state index in [0.29, 0.717) is 30.2 Å². The van der Waals surface area contributed by atoms with Crippen LogP contribution in [0.15, 0.2) is 53.6 Å². The largest absolute Gasteiger partial charge is 0.328 e. The molecule has 1 aromatic carbocycles. The number of nitrogens with one attached hydrogen (secondary N) is 1. The first-order valence-corrected chi connectivity index (χ1v) is 13.8. The molecule has 3 aromatic heterocycles. The van der Waals surface area contributed by atoms with E-state index < -0.39 is 0 Å². The van der Waals surface area contributed by atoms with Crippen LogP contribution in [-0.2, 0) is 13.0 Å². The molecule has 0 amide bonds. The molecule has 4 saturated carbocycles. The first-order chi connectivity index (χ1) is 18.2. The van der Waals surface area contributed by atoms with E-state index in [4.69, 9.17) is 4.98 Å². The molecule has 190 valence electrons. The molecule has 4 fully saturated rings. The van der Waals surface area contributed by atoms with E-state index in [0.717, 1.165) is 59.2 Å². The highest BCUT2D eigenvalue weighted by Gasteiger charge is 2.54. The van der Waals surface area contributed by atoms with E-state index in [1.54, 1.807) is 0 Å². The molecule has 3 heterocycles. The van der Waals surface area contributed by atoms with Crippen LogP contribution in [0.5, 0.6) is 0 Å². The second kappa shape index (κ2) is 9.08. The van der Waals surface area contributed by atoms with Crippen LogP contribution in [0, 0.1) is 23.7 Å². The predicted molar refractivity (Wildman–Crippen MR) is 141 cm³/mol. The van der Waals surface area contributed by atoms with Crippen molar-refractivity contribution in [3.8, 4) is 22.6 Å². The minimum atomic E-state index is 0.165. The molecule has 8 rings (SSSR count). The molecule has 0 saturated heterocycles. The third kappa shape index (κ3) is 3.85. The third-order valence-corrected chi connectivity index (χ3v) is 9.16. The fourth-order valence-electron chi connectivity index (χ4n) is 7.66. The summed E-state index contributed by atoms with van der Waals surface area (Å²) < 4.78 is 4.16. The molecule has 4 aliphatic carbocycles. The topological polar surface area (TPSA) is 94.3 Å². The molecule has 5 unspecified atom stereocenters. The van der Waals surface area contributed by atoms with Gasteiger partial charge in [-0.1, -0.05) is 43.7 Å². The van der Waals surface area contributed by atoms with Gasteiger partial charge in [0.2, 0.25) is 5.82 Å². The summed E-state index contributed by atoms with van der Waals surface area (Å²) in [5.41, 5.74) is 5.04. The quantitative estimate of drug-likeness (QED) is 0.376. The molecule has 8 nitrogen and oxygen atoms in total. The number of nitrogens with zero attached hydrogens (tertiary/aromatic N) is 6. The van der Waals surface area contributed by atoms with Crippen molar-refractivity contribution in [1.29, 1.82) is 0 Å². The summed E-state index contributed by atoms with van der Waals surface area (Å²) in [6.07, 6.45) is 12.6. The minimum Gasteiger partial charge on any atom is -0.295 e. The van der Waals surface area contributed by atoms with Crippen molar-refractivity contribution in [3.05, 3.63) is 70.5 Å². The van der Waals surface area contributed by atoms with Crippen LogP contribution < -0.4 is 5.69 Å². The van der Waals surface area contributed by atoms with Crippen molar-refractivity contribution in [1.82, 2.24) is 34.7 Å². The van der Waals surface area contributed by atoms with Crippen LogP contribution in [0.1, 0.15) is 62.7 Å².